The van der Waals surface area contributed by atoms with E-state index in [4.69, 9.17) is 0 Å². The zero-order valence-corrected chi connectivity index (χ0v) is 11.1. The van der Waals surface area contributed by atoms with Gasteiger partial charge in [-0.25, -0.2) is 4.79 Å². The normalized spacial score (nSPS) is 27.6. The Kier molecular flexibility index (Phi) is 4.69. The summed E-state index contributed by atoms with van der Waals surface area (Å²) in [5, 5.41) is 3.22. The molecule has 1 atom stereocenters. The second kappa shape index (κ2) is 6.27. The fraction of sp³-hybridized carbons (Fsp3) is 0.929. The minimum atomic E-state index is 0.186. The third-order valence-electron chi connectivity index (χ3n) is 4.24. The molecule has 3 nitrogen and oxygen atoms in total. The highest BCUT2D eigenvalue weighted by molar-refractivity contribution is 5.74. The molecular weight excluding hydrogens is 212 g/mol. The fourth-order valence-electron chi connectivity index (χ4n) is 2.98. The van der Waals surface area contributed by atoms with Crippen molar-refractivity contribution in [1.29, 1.82) is 0 Å². The van der Waals surface area contributed by atoms with Crippen molar-refractivity contribution in [2.45, 2.75) is 64.3 Å². The summed E-state index contributed by atoms with van der Waals surface area (Å²) >= 11 is 0. The van der Waals surface area contributed by atoms with E-state index >= 15 is 0 Å². The molecule has 17 heavy (non-hydrogen) atoms. The number of nitrogens with zero attached hydrogens (tertiary/aromatic N) is 1. The average Bonchev–Trinajstić information content (AvgIpc) is 2.55. The molecule has 1 saturated carbocycles. The van der Waals surface area contributed by atoms with Gasteiger partial charge in [0, 0.05) is 19.1 Å². The molecule has 0 bridgehead atoms. The number of amides is 2. The van der Waals surface area contributed by atoms with E-state index in [9.17, 15) is 4.79 Å². The molecule has 1 saturated heterocycles. The van der Waals surface area contributed by atoms with Gasteiger partial charge >= 0.3 is 6.03 Å². The van der Waals surface area contributed by atoms with Crippen LogP contribution in [0.15, 0.2) is 0 Å². The second-order valence-corrected chi connectivity index (χ2v) is 5.81. The Morgan fingerprint density at radius 3 is 2.53 bits per heavy atom. The molecule has 0 aromatic carbocycles. The van der Waals surface area contributed by atoms with Crippen LogP contribution in [0.1, 0.15) is 58.3 Å². The van der Waals surface area contributed by atoms with E-state index in [1.54, 1.807) is 0 Å². The van der Waals surface area contributed by atoms with E-state index in [0.717, 1.165) is 25.4 Å². The number of likely N-dealkylation sites (tertiary alicyclic amines) is 1. The van der Waals surface area contributed by atoms with Crippen molar-refractivity contribution in [3.63, 3.8) is 0 Å². The molecular formula is C14H26N2O. The predicted molar refractivity (Wildman–Crippen MR) is 70.0 cm³/mol. The van der Waals surface area contributed by atoms with Crippen molar-refractivity contribution < 1.29 is 4.79 Å². The lowest BCUT2D eigenvalue weighted by Crippen LogP contribution is -2.45. The summed E-state index contributed by atoms with van der Waals surface area (Å²) in [5.41, 5.74) is 0. The van der Waals surface area contributed by atoms with Gasteiger partial charge in [0.05, 0.1) is 0 Å². The van der Waals surface area contributed by atoms with Gasteiger partial charge in [-0.15, -0.1) is 0 Å². The summed E-state index contributed by atoms with van der Waals surface area (Å²) < 4.78 is 0. The summed E-state index contributed by atoms with van der Waals surface area (Å²) in [4.78, 5) is 14.2. The first-order valence-corrected chi connectivity index (χ1v) is 7.31. The summed E-state index contributed by atoms with van der Waals surface area (Å²) in [7, 11) is 0. The lowest BCUT2D eigenvalue weighted by Gasteiger charge is -2.27. The van der Waals surface area contributed by atoms with Crippen LogP contribution in [0.25, 0.3) is 0 Å². The summed E-state index contributed by atoms with van der Waals surface area (Å²) in [6.07, 6.45) is 9.86. The molecule has 1 unspecified atom stereocenters. The zero-order chi connectivity index (χ0) is 12.1. The number of hydrogen-bond donors (Lipinski definition) is 1. The maximum Gasteiger partial charge on any atom is 0.317 e. The third kappa shape index (κ3) is 3.90. The molecule has 1 heterocycles. The van der Waals surface area contributed by atoms with Crippen molar-refractivity contribution in [2.24, 2.45) is 5.92 Å². The van der Waals surface area contributed by atoms with Gasteiger partial charge in [0.25, 0.3) is 0 Å². The number of carbonyl (C=O) groups excluding carboxylic acids is 1. The molecule has 0 spiro atoms. The van der Waals surface area contributed by atoms with Gasteiger partial charge in [0.1, 0.15) is 0 Å². The average molecular weight is 238 g/mol. The second-order valence-electron chi connectivity index (χ2n) is 5.81. The minimum Gasteiger partial charge on any atom is -0.335 e. The zero-order valence-electron chi connectivity index (χ0n) is 11.1. The van der Waals surface area contributed by atoms with Crippen LogP contribution in [0.4, 0.5) is 4.79 Å². The lowest BCUT2D eigenvalue weighted by molar-refractivity contribution is 0.191. The first-order chi connectivity index (χ1) is 8.25. The smallest absolute Gasteiger partial charge is 0.317 e. The Balaban J connectivity index is 1.77. The van der Waals surface area contributed by atoms with Crippen molar-refractivity contribution in [2.75, 3.05) is 13.1 Å². The highest BCUT2D eigenvalue weighted by atomic mass is 16.2. The molecule has 0 aromatic heterocycles. The SMILES string of the molecule is CC1CCCN(C(=O)NC2CCCCC2)CC1. The highest BCUT2D eigenvalue weighted by Gasteiger charge is 2.21. The fourth-order valence-corrected chi connectivity index (χ4v) is 2.98. The third-order valence-corrected chi connectivity index (χ3v) is 4.24. The number of nitrogens with one attached hydrogen (secondary N) is 1. The molecule has 2 amide bonds. The van der Waals surface area contributed by atoms with Crippen molar-refractivity contribution in [1.82, 2.24) is 10.2 Å². The maximum atomic E-state index is 12.1. The molecule has 98 valence electrons. The Labute approximate surface area is 105 Å². The van der Waals surface area contributed by atoms with Gasteiger partial charge in [0.15, 0.2) is 0 Å². The van der Waals surface area contributed by atoms with Crippen LogP contribution >= 0.6 is 0 Å². The first-order valence-electron chi connectivity index (χ1n) is 7.31. The van der Waals surface area contributed by atoms with Gasteiger partial charge < -0.3 is 10.2 Å². The van der Waals surface area contributed by atoms with Gasteiger partial charge in [-0.2, -0.15) is 0 Å². The highest BCUT2D eigenvalue weighted by Crippen LogP contribution is 2.19. The predicted octanol–water partition coefficient (Wildman–Crippen LogP) is 3.15. The van der Waals surface area contributed by atoms with E-state index in [-0.39, 0.29) is 6.03 Å². The van der Waals surface area contributed by atoms with E-state index in [1.165, 1.54) is 44.9 Å². The van der Waals surface area contributed by atoms with Crippen LogP contribution in [-0.2, 0) is 0 Å². The summed E-state index contributed by atoms with van der Waals surface area (Å²) in [5.74, 6) is 0.780. The summed E-state index contributed by atoms with van der Waals surface area (Å²) in [6, 6.07) is 0.628. The maximum absolute atomic E-state index is 12.1. The standard InChI is InChI=1S/C14H26N2O/c1-12-6-5-10-16(11-9-12)14(17)15-13-7-3-2-4-8-13/h12-13H,2-11H2,1H3,(H,15,17). The number of urea groups is 1. The van der Waals surface area contributed by atoms with E-state index < -0.39 is 0 Å². The van der Waals surface area contributed by atoms with E-state index in [0.29, 0.717) is 6.04 Å². The summed E-state index contributed by atoms with van der Waals surface area (Å²) in [6.45, 7) is 4.19. The monoisotopic (exact) mass is 238 g/mol. The van der Waals surface area contributed by atoms with Crippen LogP contribution in [0.5, 0.6) is 0 Å². The molecule has 3 heteroatoms. The number of rotatable bonds is 1. The van der Waals surface area contributed by atoms with Crippen LogP contribution in [0, 0.1) is 5.92 Å². The quantitative estimate of drug-likeness (QED) is 0.748. The Hall–Kier alpha value is -0.730. The van der Waals surface area contributed by atoms with Crippen molar-refractivity contribution in [3.05, 3.63) is 0 Å². The molecule has 2 aliphatic rings. The molecule has 1 aliphatic carbocycles. The van der Waals surface area contributed by atoms with Crippen LogP contribution in [0.2, 0.25) is 0 Å². The van der Waals surface area contributed by atoms with Crippen molar-refractivity contribution >= 4 is 6.03 Å². The van der Waals surface area contributed by atoms with Gasteiger partial charge in [-0.05, 0) is 38.0 Å². The van der Waals surface area contributed by atoms with E-state index in [1.807, 2.05) is 4.90 Å². The molecule has 0 aromatic rings. The first kappa shape index (κ1) is 12.7. The van der Waals surface area contributed by atoms with Gasteiger partial charge in [-0.3, -0.25) is 0 Å². The Bertz CT molecular complexity index is 249. The number of hydrogen-bond acceptors (Lipinski definition) is 1. The molecule has 0 radical (unpaired) electrons. The lowest BCUT2D eigenvalue weighted by atomic mass is 9.96. The van der Waals surface area contributed by atoms with Gasteiger partial charge in [0.2, 0.25) is 0 Å². The van der Waals surface area contributed by atoms with Gasteiger partial charge in [-0.1, -0.05) is 26.2 Å². The number of carbonyl (C=O) groups is 1. The van der Waals surface area contributed by atoms with E-state index in [2.05, 4.69) is 12.2 Å². The van der Waals surface area contributed by atoms with Crippen LogP contribution < -0.4 is 5.32 Å². The molecule has 1 aliphatic heterocycles. The minimum absolute atomic E-state index is 0.186. The Morgan fingerprint density at radius 2 is 1.76 bits per heavy atom. The topological polar surface area (TPSA) is 32.3 Å². The Morgan fingerprint density at radius 1 is 1.00 bits per heavy atom. The molecule has 2 rings (SSSR count). The molecule has 1 N–H and O–H groups in total. The largest absolute Gasteiger partial charge is 0.335 e. The molecule has 2 fully saturated rings. The van der Waals surface area contributed by atoms with Crippen molar-refractivity contribution in [3.8, 4) is 0 Å². The van der Waals surface area contributed by atoms with Crippen LogP contribution in [-0.4, -0.2) is 30.1 Å². The van der Waals surface area contributed by atoms with Crippen LogP contribution in [0.3, 0.4) is 0 Å².